The molecule has 0 amide bonds. The number of hydrogen-bond donors (Lipinski definition) is 1. The van der Waals surface area contributed by atoms with Crippen molar-refractivity contribution in [1.29, 1.82) is 0 Å². The van der Waals surface area contributed by atoms with Crippen LogP contribution in [0.1, 0.15) is 54.7 Å². The van der Waals surface area contributed by atoms with Crippen molar-refractivity contribution in [3.63, 3.8) is 0 Å². The summed E-state index contributed by atoms with van der Waals surface area (Å²) in [5, 5.41) is 9.43. The summed E-state index contributed by atoms with van der Waals surface area (Å²) < 4.78 is 0. The van der Waals surface area contributed by atoms with Crippen LogP contribution in [0.5, 0.6) is 0 Å². The Hall–Kier alpha value is -2.59. The summed E-state index contributed by atoms with van der Waals surface area (Å²) in [7, 11) is 0. The van der Waals surface area contributed by atoms with Crippen molar-refractivity contribution in [2.45, 2.75) is 40.2 Å². The summed E-state index contributed by atoms with van der Waals surface area (Å²) in [5.41, 5.74) is 6.41. The molecule has 0 spiro atoms. The lowest BCUT2D eigenvalue weighted by atomic mass is 9.87. The Morgan fingerprint density at radius 3 is 2.61 bits per heavy atom. The number of rotatable bonds is 4. The minimum atomic E-state index is -1.06. The van der Waals surface area contributed by atoms with E-state index in [2.05, 4.69) is 62.7 Å². The number of allylic oxidation sites excluding steroid dienone is 1. The molecule has 0 fully saturated rings. The number of aromatic carboxylic acids is 1. The average Bonchev–Trinajstić information content (AvgIpc) is 2.60. The largest absolute Gasteiger partial charge is 0.478 e. The standard InChI is InChI=1S/C23H25ClN2O2/c1-6-26-21-9-14(2)16(10-18(21)15(3)12-23(26,4)5)13-25-17-7-8-20(24)19(11-17)22(27)28/h7-13H,6H2,1-5H3,(H,27,28). The monoisotopic (exact) mass is 396 g/mol. The van der Waals surface area contributed by atoms with Crippen molar-refractivity contribution in [2.24, 2.45) is 4.99 Å². The first-order chi connectivity index (χ1) is 13.1. The zero-order chi connectivity index (χ0) is 20.6. The molecule has 5 heteroatoms. The summed E-state index contributed by atoms with van der Waals surface area (Å²) >= 11 is 5.94. The van der Waals surface area contributed by atoms with E-state index in [9.17, 15) is 9.90 Å². The lowest BCUT2D eigenvalue weighted by Gasteiger charge is -2.43. The highest BCUT2D eigenvalue weighted by atomic mass is 35.5. The summed E-state index contributed by atoms with van der Waals surface area (Å²) in [6.07, 6.45) is 4.08. The van der Waals surface area contributed by atoms with Gasteiger partial charge in [0, 0.05) is 24.0 Å². The first-order valence-electron chi connectivity index (χ1n) is 9.33. The van der Waals surface area contributed by atoms with Crippen LogP contribution in [0, 0.1) is 6.92 Å². The molecule has 0 aromatic heterocycles. The third-order valence-corrected chi connectivity index (χ3v) is 5.54. The third kappa shape index (κ3) is 3.69. The molecule has 2 aromatic rings. The minimum absolute atomic E-state index is 0.0234. The maximum absolute atomic E-state index is 11.3. The Bertz CT molecular complexity index is 1010. The highest BCUT2D eigenvalue weighted by Crippen LogP contribution is 2.40. The molecule has 1 heterocycles. The predicted molar refractivity (Wildman–Crippen MR) is 118 cm³/mol. The molecule has 0 radical (unpaired) electrons. The molecule has 0 bridgehead atoms. The van der Waals surface area contributed by atoms with Gasteiger partial charge in [-0.1, -0.05) is 17.7 Å². The maximum atomic E-state index is 11.3. The van der Waals surface area contributed by atoms with Gasteiger partial charge in [-0.25, -0.2) is 4.79 Å². The Labute approximate surface area is 171 Å². The molecule has 0 saturated carbocycles. The molecule has 0 unspecified atom stereocenters. The van der Waals surface area contributed by atoms with Gasteiger partial charge >= 0.3 is 5.97 Å². The van der Waals surface area contributed by atoms with Crippen molar-refractivity contribution in [3.8, 4) is 0 Å². The van der Waals surface area contributed by atoms with Crippen LogP contribution in [-0.2, 0) is 0 Å². The van der Waals surface area contributed by atoms with Crippen molar-refractivity contribution >= 4 is 40.7 Å². The summed E-state index contributed by atoms with van der Waals surface area (Å²) in [6, 6.07) is 9.13. The van der Waals surface area contributed by atoms with Gasteiger partial charge in [0.1, 0.15) is 0 Å². The number of carboxylic acids is 1. The normalized spacial score (nSPS) is 15.5. The van der Waals surface area contributed by atoms with E-state index < -0.39 is 5.97 Å². The van der Waals surface area contributed by atoms with E-state index in [1.807, 2.05) is 0 Å². The van der Waals surface area contributed by atoms with Crippen LogP contribution in [0.4, 0.5) is 11.4 Å². The highest BCUT2D eigenvalue weighted by Gasteiger charge is 2.30. The number of halogens is 1. The number of nitrogens with zero attached hydrogens (tertiary/aromatic N) is 2. The van der Waals surface area contributed by atoms with Crippen LogP contribution in [-0.4, -0.2) is 29.4 Å². The van der Waals surface area contributed by atoms with Crippen molar-refractivity contribution in [2.75, 3.05) is 11.4 Å². The van der Waals surface area contributed by atoms with E-state index >= 15 is 0 Å². The Kier molecular flexibility index (Phi) is 5.35. The van der Waals surface area contributed by atoms with Crippen molar-refractivity contribution in [3.05, 3.63) is 63.7 Å². The fraction of sp³-hybridized carbons (Fsp3) is 0.304. The smallest absolute Gasteiger partial charge is 0.337 e. The van der Waals surface area contributed by atoms with E-state index in [4.69, 9.17) is 11.6 Å². The maximum Gasteiger partial charge on any atom is 0.337 e. The molecule has 1 N–H and O–H groups in total. The molecule has 28 heavy (non-hydrogen) atoms. The van der Waals surface area contributed by atoms with Gasteiger partial charge < -0.3 is 10.0 Å². The van der Waals surface area contributed by atoms with Crippen molar-refractivity contribution in [1.82, 2.24) is 0 Å². The van der Waals surface area contributed by atoms with Gasteiger partial charge in [0.15, 0.2) is 0 Å². The number of benzene rings is 2. The van der Waals surface area contributed by atoms with Gasteiger partial charge in [-0.05, 0) is 81.7 Å². The van der Waals surface area contributed by atoms with E-state index in [1.54, 1.807) is 18.3 Å². The third-order valence-electron chi connectivity index (χ3n) is 5.21. The van der Waals surface area contributed by atoms with E-state index in [-0.39, 0.29) is 16.1 Å². The minimum Gasteiger partial charge on any atom is -0.478 e. The quantitative estimate of drug-likeness (QED) is 0.633. The molecular formula is C23H25ClN2O2. The Morgan fingerprint density at radius 2 is 1.96 bits per heavy atom. The van der Waals surface area contributed by atoms with Crippen LogP contribution in [0.2, 0.25) is 5.02 Å². The SMILES string of the molecule is CCN1c2cc(C)c(C=Nc3ccc(Cl)c(C(=O)O)c3)cc2C(C)=CC1(C)C. The van der Waals surface area contributed by atoms with E-state index in [0.29, 0.717) is 5.69 Å². The number of carbonyl (C=O) groups is 1. The molecule has 3 rings (SSSR count). The van der Waals surface area contributed by atoms with Crippen LogP contribution < -0.4 is 4.90 Å². The first kappa shape index (κ1) is 20.2. The van der Waals surface area contributed by atoms with Crippen LogP contribution in [0.25, 0.3) is 5.57 Å². The van der Waals surface area contributed by atoms with Gasteiger partial charge in [-0.15, -0.1) is 0 Å². The molecule has 1 aliphatic heterocycles. The van der Waals surface area contributed by atoms with Crippen molar-refractivity contribution < 1.29 is 9.90 Å². The second-order valence-corrected chi connectivity index (χ2v) is 8.09. The van der Waals surface area contributed by atoms with Crippen LogP contribution in [0.3, 0.4) is 0 Å². The van der Waals surface area contributed by atoms with Gasteiger partial charge in [0.2, 0.25) is 0 Å². The number of aliphatic imine (C=N–C) groups is 1. The zero-order valence-electron chi connectivity index (χ0n) is 16.9. The zero-order valence-corrected chi connectivity index (χ0v) is 17.6. The molecule has 146 valence electrons. The number of hydrogen-bond acceptors (Lipinski definition) is 3. The number of likely N-dealkylation sites (N-methyl/N-ethyl adjacent to an activating group) is 1. The fourth-order valence-corrected chi connectivity index (χ4v) is 4.06. The van der Waals surface area contributed by atoms with Crippen LogP contribution in [0.15, 0.2) is 41.4 Å². The second-order valence-electron chi connectivity index (χ2n) is 7.68. The number of aryl methyl sites for hydroxylation is 1. The van der Waals surface area contributed by atoms with Gasteiger partial charge in [-0.2, -0.15) is 0 Å². The molecule has 0 saturated heterocycles. The second kappa shape index (κ2) is 7.44. The average molecular weight is 397 g/mol. The highest BCUT2D eigenvalue weighted by molar-refractivity contribution is 6.33. The van der Waals surface area contributed by atoms with Gasteiger partial charge in [0.25, 0.3) is 0 Å². The molecule has 2 aromatic carbocycles. The topological polar surface area (TPSA) is 52.9 Å². The van der Waals surface area contributed by atoms with Gasteiger partial charge in [-0.3, -0.25) is 4.99 Å². The number of fused-ring (bicyclic) bond motifs is 1. The lowest BCUT2D eigenvalue weighted by molar-refractivity contribution is 0.0697. The number of anilines is 1. The molecule has 0 atom stereocenters. The van der Waals surface area contributed by atoms with Gasteiger partial charge in [0.05, 0.1) is 21.8 Å². The Morgan fingerprint density at radius 1 is 1.25 bits per heavy atom. The summed E-state index contributed by atoms with van der Waals surface area (Å²) in [6.45, 7) is 11.8. The Balaban J connectivity index is 2.02. The first-order valence-corrected chi connectivity index (χ1v) is 9.71. The predicted octanol–water partition coefficient (Wildman–Crippen LogP) is 6.12. The molecule has 0 aliphatic carbocycles. The number of carboxylic acid groups (broad SMARTS) is 1. The fourth-order valence-electron chi connectivity index (χ4n) is 3.86. The van der Waals surface area contributed by atoms with E-state index in [1.165, 1.54) is 22.9 Å². The molecule has 4 nitrogen and oxygen atoms in total. The molecule has 1 aliphatic rings. The summed E-state index contributed by atoms with van der Waals surface area (Å²) in [5.74, 6) is -1.06. The lowest BCUT2D eigenvalue weighted by Crippen LogP contribution is -2.45. The summed E-state index contributed by atoms with van der Waals surface area (Å²) in [4.78, 5) is 18.2. The van der Waals surface area contributed by atoms with Crippen LogP contribution >= 0.6 is 11.6 Å². The molecular weight excluding hydrogens is 372 g/mol. The van der Waals surface area contributed by atoms with E-state index in [0.717, 1.165) is 17.7 Å².